The van der Waals surface area contributed by atoms with Crippen LogP contribution in [0.3, 0.4) is 0 Å². The Kier molecular flexibility index (Phi) is 4.34. The minimum atomic E-state index is -0.0564. The summed E-state index contributed by atoms with van der Waals surface area (Å²) >= 11 is 1.58. The third-order valence-corrected chi connectivity index (χ3v) is 5.30. The number of hydrogen-bond acceptors (Lipinski definition) is 4. The fourth-order valence-corrected chi connectivity index (χ4v) is 3.72. The van der Waals surface area contributed by atoms with Crippen LogP contribution in [0.2, 0.25) is 0 Å². The molecule has 0 atom stereocenters. The zero-order valence-electron chi connectivity index (χ0n) is 14.6. The van der Waals surface area contributed by atoms with Crippen LogP contribution in [0.4, 0.5) is 0 Å². The summed E-state index contributed by atoms with van der Waals surface area (Å²) in [6.07, 6.45) is 3.69. The summed E-state index contributed by atoms with van der Waals surface area (Å²) in [6, 6.07) is 15.6. The van der Waals surface area contributed by atoms with Crippen molar-refractivity contribution < 1.29 is 0 Å². The molecule has 0 radical (unpaired) electrons. The Morgan fingerprint density at radius 1 is 1.12 bits per heavy atom. The predicted octanol–water partition coefficient (Wildman–Crippen LogP) is 3.70. The molecule has 5 nitrogen and oxygen atoms in total. The van der Waals surface area contributed by atoms with Crippen molar-refractivity contribution in [3.8, 4) is 11.3 Å². The van der Waals surface area contributed by atoms with Crippen LogP contribution in [0.1, 0.15) is 11.3 Å². The summed E-state index contributed by atoms with van der Waals surface area (Å²) in [5, 5.41) is 0.898. The molecule has 0 saturated carbocycles. The second-order valence-electron chi connectivity index (χ2n) is 6.16. The number of thioether (sulfide) groups is 1. The second kappa shape index (κ2) is 6.80. The topological polar surface area (TPSA) is 52.2 Å². The molecule has 26 heavy (non-hydrogen) atoms. The summed E-state index contributed by atoms with van der Waals surface area (Å²) in [5.41, 5.74) is 4.60. The van der Waals surface area contributed by atoms with Gasteiger partial charge in [0, 0.05) is 25.1 Å². The van der Waals surface area contributed by atoms with Gasteiger partial charge < -0.3 is 4.57 Å². The number of aryl methyl sites for hydroxylation is 1. The summed E-state index contributed by atoms with van der Waals surface area (Å²) in [6.45, 7) is 1.96. The van der Waals surface area contributed by atoms with Crippen molar-refractivity contribution in [2.24, 2.45) is 7.05 Å². The van der Waals surface area contributed by atoms with E-state index >= 15 is 0 Å². The summed E-state index contributed by atoms with van der Waals surface area (Å²) < 4.78 is 3.65. The zero-order chi connectivity index (χ0) is 18.1. The molecule has 0 aliphatic rings. The molecule has 6 heteroatoms. The molecule has 0 fully saturated rings. The third kappa shape index (κ3) is 3.15. The van der Waals surface area contributed by atoms with Crippen LogP contribution in [-0.4, -0.2) is 18.9 Å². The molecule has 0 saturated heterocycles. The van der Waals surface area contributed by atoms with Gasteiger partial charge >= 0.3 is 0 Å². The van der Waals surface area contributed by atoms with Gasteiger partial charge in [-0.05, 0) is 24.1 Å². The Morgan fingerprint density at radius 3 is 2.73 bits per heavy atom. The highest BCUT2D eigenvalue weighted by Crippen LogP contribution is 2.26. The average molecular weight is 362 g/mol. The lowest BCUT2D eigenvalue weighted by atomic mass is 10.2. The van der Waals surface area contributed by atoms with Crippen LogP contribution in [0, 0.1) is 6.92 Å². The Bertz CT molecular complexity index is 1130. The zero-order valence-corrected chi connectivity index (χ0v) is 15.4. The normalized spacial score (nSPS) is 11.2. The largest absolute Gasteiger partial charge is 0.322 e. The lowest BCUT2D eigenvalue weighted by molar-refractivity contribution is 0.796. The van der Waals surface area contributed by atoms with Crippen LogP contribution in [0.15, 0.2) is 70.9 Å². The molecule has 130 valence electrons. The summed E-state index contributed by atoms with van der Waals surface area (Å²) in [5.74, 6) is 0.596. The SMILES string of the molecule is Cc1ccc2nc(CSc3ncc(-c4ccccc4)n3C)cc(=O)n2c1. The van der Waals surface area contributed by atoms with Crippen molar-refractivity contribution in [2.75, 3.05) is 0 Å². The van der Waals surface area contributed by atoms with E-state index in [2.05, 4.69) is 26.7 Å². The number of nitrogens with zero attached hydrogens (tertiary/aromatic N) is 4. The molecular formula is C20H18N4OS. The van der Waals surface area contributed by atoms with Crippen molar-refractivity contribution in [1.82, 2.24) is 18.9 Å². The van der Waals surface area contributed by atoms with Crippen LogP contribution in [-0.2, 0) is 12.8 Å². The summed E-state index contributed by atoms with van der Waals surface area (Å²) in [4.78, 5) is 21.4. The first kappa shape index (κ1) is 16.6. The van der Waals surface area contributed by atoms with Crippen LogP contribution >= 0.6 is 11.8 Å². The molecule has 0 aliphatic heterocycles. The number of rotatable bonds is 4. The van der Waals surface area contributed by atoms with Gasteiger partial charge in [-0.1, -0.05) is 48.2 Å². The molecule has 0 N–H and O–H groups in total. The highest BCUT2D eigenvalue weighted by atomic mass is 32.2. The number of fused-ring (bicyclic) bond motifs is 1. The van der Waals surface area contributed by atoms with E-state index in [1.807, 2.05) is 56.7 Å². The fraction of sp³-hybridized carbons (Fsp3) is 0.150. The Hall–Kier alpha value is -2.86. The average Bonchev–Trinajstić information content (AvgIpc) is 3.02. The van der Waals surface area contributed by atoms with Gasteiger partial charge in [0.25, 0.3) is 5.56 Å². The molecule has 0 spiro atoms. The van der Waals surface area contributed by atoms with E-state index in [0.29, 0.717) is 11.4 Å². The van der Waals surface area contributed by atoms with Gasteiger partial charge in [0.2, 0.25) is 0 Å². The van der Waals surface area contributed by atoms with E-state index < -0.39 is 0 Å². The van der Waals surface area contributed by atoms with Gasteiger partial charge in [-0.3, -0.25) is 9.20 Å². The monoisotopic (exact) mass is 362 g/mol. The molecule has 1 aromatic carbocycles. The molecule has 3 aromatic heterocycles. The highest BCUT2D eigenvalue weighted by Gasteiger charge is 2.10. The van der Waals surface area contributed by atoms with Gasteiger partial charge in [0.1, 0.15) is 5.65 Å². The van der Waals surface area contributed by atoms with Crippen LogP contribution < -0.4 is 5.56 Å². The molecule has 3 heterocycles. The molecule has 4 aromatic rings. The van der Waals surface area contributed by atoms with Crippen molar-refractivity contribution in [2.45, 2.75) is 17.8 Å². The lowest BCUT2D eigenvalue weighted by Gasteiger charge is -2.07. The molecule has 0 unspecified atom stereocenters. The number of aromatic nitrogens is 4. The molecule has 4 rings (SSSR count). The van der Waals surface area contributed by atoms with E-state index in [-0.39, 0.29) is 5.56 Å². The maximum Gasteiger partial charge on any atom is 0.258 e. The quantitative estimate of drug-likeness (QED) is 0.520. The van der Waals surface area contributed by atoms with Gasteiger partial charge in [0.05, 0.1) is 17.6 Å². The van der Waals surface area contributed by atoms with Gasteiger partial charge in [-0.2, -0.15) is 0 Å². The van der Waals surface area contributed by atoms with E-state index in [1.54, 1.807) is 22.2 Å². The van der Waals surface area contributed by atoms with E-state index in [9.17, 15) is 4.79 Å². The van der Waals surface area contributed by atoms with Crippen molar-refractivity contribution in [1.29, 1.82) is 0 Å². The molecule has 0 amide bonds. The maximum atomic E-state index is 12.3. The molecule has 0 aliphatic carbocycles. The van der Waals surface area contributed by atoms with Crippen LogP contribution in [0.5, 0.6) is 0 Å². The maximum absolute atomic E-state index is 12.3. The summed E-state index contributed by atoms with van der Waals surface area (Å²) in [7, 11) is 2.00. The minimum absolute atomic E-state index is 0.0564. The predicted molar refractivity (Wildman–Crippen MR) is 104 cm³/mol. The van der Waals surface area contributed by atoms with E-state index in [4.69, 9.17) is 0 Å². The Morgan fingerprint density at radius 2 is 1.92 bits per heavy atom. The van der Waals surface area contributed by atoms with Crippen LogP contribution in [0.25, 0.3) is 16.9 Å². The van der Waals surface area contributed by atoms with E-state index in [0.717, 1.165) is 27.7 Å². The van der Waals surface area contributed by atoms with Gasteiger partial charge in [-0.25, -0.2) is 9.97 Å². The smallest absolute Gasteiger partial charge is 0.258 e. The number of benzene rings is 1. The lowest BCUT2D eigenvalue weighted by Crippen LogP contribution is -2.15. The number of pyridine rings is 1. The molecular weight excluding hydrogens is 344 g/mol. The van der Waals surface area contributed by atoms with Crippen molar-refractivity contribution in [3.63, 3.8) is 0 Å². The Labute approximate surface area is 155 Å². The van der Waals surface area contributed by atoms with Crippen molar-refractivity contribution in [3.05, 3.63) is 82.5 Å². The highest BCUT2D eigenvalue weighted by molar-refractivity contribution is 7.98. The number of imidazole rings is 1. The first-order chi connectivity index (χ1) is 12.6. The molecule has 0 bridgehead atoms. The first-order valence-electron chi connectivity index (χ1n) is 8.31. The fourth-order valence-electron chi connectivity index (χ4n) is 2.87. The van der Waals surface area contributed by atoms with Gasteiger partial charge in [-0.15, -0.1) is 0 Å². The standard InChI is InChI=1S/C20H18N4OS/c1-14-8-9-18-22-16(10-19(25)24(18)12-14)13-26-20-21-11-17(23(20)2)15-6-4-3-5-7-15/h3-12H,13H2,1-2H3. The minimum Gasteiger partial charge on any atom is -0.322 e. The third-order valence-electron chi connectivity index (χ3n) is 4.22. The van der Waals surface area contributed by atoms with E-state index in [1.165, 1.54) is 0 Å². The van der Waals surface area contributed by atoms with Crippen molar-refractivity contribution >= 4 is 17.4 Å². The number of hydrogen-bond donors (Lipinski definition) is 0. The first-order valence-corrected chi connectivity index (χ1v) is 9.29. The second-order valence-corrected chi connectivity index (χ2v) is 7.10. The van der Waals surface area contributed by atoms with Gasteiger partial charge in [0.15, 0.2) is 5.16 Å². The Balaban J connectivity index is 1.58.